The molecule has 2 aromatic carbocycles. The highest BCUT2D eigenvalue weighted by Gasteiger charge is 2.33. The zero-order chi connectivity index (χ0) is 25.5. The number of nitrogens with one attached hydrogen (secondary N) is 3. The average Bonchev–Trinajstić information content (AvgIpc) is 2.79. The Bertz CT molecular complexity index is 1150. The second-order valence-electron chi connectivity index (χ2n) is 7.76. The van der Waals surface area contributed by atoms with E-state index in [9.17, 15) is 14.4 Å². The fraction of sp³-hybridized carbons (Fsp3) is 0.320. The van der Waals surface area contributed by atoms with Gasteiger partial charge in [0.25, 0.3) is 5.91 Å². The second-order valence-corrected chi connectivity index (χ2v) is 8.92. The SMILES string of the molecule is CCOC(=O)C1=C(C)NC(=O)NC1c1cc(I)c(OCC(=O)Nc2ccc(C)cc2)c(OCC)c1. The Balaban J connectivity index is 1.86. The third-order valence-electron chi connectivity index (χ3n) is 5.11. The number of ether oxygens (including phenoxy) is 3. The number of benzene rings is 2. The Morgan fingerprint density at radius 1 is 1.06 bits per heavy atom. The molecular formula is C25H28IN3O6. The number of allylic oxidation sites excluding steroid dienone is 1. The van der Waals surface area contributed by atoms with E-state index in [1.807, 2.05) is 38.1 Å². The van der Waals surface area contributed by atoms with Crippen molar-refractivity contribution in [2.75, 3.05) is 25.1 Å². The molecule has 0 saturated carbocycles. The quantitative estimate of drug-likeness (QED) is 0.297. The van der Waals surface area contributed by atoms with Crippen LogP contribution in [0.2, 0.25) is 0 Å². The van der Waals surface area contributed by atoms with Crippen LogP contribution in [0.4, 0.5) is 10.5 Å². The maximum absolute atomic E-state index is 12.6. The van der Waals surface area contributed by atoms with E-state index in [0.717, 1.165) is 5.56 Å². The van der Waals surface area contributed by atoms with Crippen molar-refractivity contribution >= 4 is 46.2 Å². The standard InChI is InChI=1S/C25H28IN3O6/c1-5-33-19-12-16(22-21(24(31)34-6-2)15(4)27-25(32)29-22)11-18(26)23(19)35-13-20(30)28-17-9-7-14(3)8-10-17/h7-12,22H,5-6,13H2,1-4H3,(H,28,30)(H2,27,29,32). The molecule has 3 N–H and O–H groups in total. The molecule has 0 fully saturated rings. The summed E-state index contributed by atoms with van der Waals surface area (Å²) in [5.41, 5.74) is 3.10. The molecule has 2 aromatic rings. The van der Waals surface area contributed by atoms with Crippen molar-refractivity contribution in [1.82, 2.24) is 10.6 Å². The van der Waals surface area contributed by atoms with E-state index in [2.05, 4.69) is 38.5 Å². The predicted molar refractivity (Wildman–Crippen MR) is 139 cm³/mol. The molecule has 10 heteroatoms. The Morgan fingerprint density at radius 2 is 1.77 bits per heavy atom. The van der Waals surface area contributed by atoms with E-state index in [1.54, 1.807) is 26.0 Å². The summed E-state index contributed by atoms with van der Waals surface area (Å²) < 4.78 is 17.5. The van der Waals surface area contributed by atoms with Gasteiger partial charge in [-0.1, -0.05) is 17.7 Å². The van der Waals surface area contributed by atoms with Gasteiger partial charge in [0.1, 0.15) is 0 Å². The Kier molecular flexibility index (Phi) is 8.96. The maximum Gasteiger partial charge on any atom is 0.338 e. The van der Waals surface area contributed by atoms with Crippen molar-refractivity contribution < 1.29 is 28.6 Å². The number of aryl methyl sites for hydroxylation is 1. The van der Waals surface area contributed by atoms with Gasteiger partial charge < -0.3 is 30.2 Å². The number of carbonyl (C=O) groups excluding carboxylic acids is 3. The van der Waals surface area contributed by atoms with Gasteiger partial charge in [-0.05, 0) is 80.1 Å². The summed E-state index contributed by atoms with van der Waals surface area (Å²) in [7, 11) is 0. The molecule has 3 rings (SSSR count). The molecule has 1 heterocycles. The van der Waals surface area contributed by atoms with Crippen LogP contribution in [0, 0.1) is 10.5 Å². The van der Waals surface area contributed by atoms with Crippen LogP contribution >= 0.6 is 22.6 Å². The van der Waals surface area contributed by atoms with Crippen LogP contribution in [0.25, 0.3) is 0 Å². The van der Waals surface area contributed by atoms with Crippen LogP contribution < -0.4 is 25.4 Å². The van der Waals surface area contributed by atoms with Crippen LogP contribution in [0.15, 0.2) is 47.7 Å². The van der Waals surface area contributed by atoms with Crippen molar-refractivity contribution in [3.63, 3.8) is 0 Å². The Morgan fingerprint density at radius 3 is 2.43 bits per heavy atom. The lowest BCUT2D eigenvalue weighted by molar-refractivity contribution is -0.139. The number of halogens is 1. The lowest BCUT2D eigenvalue weighted by Gasteiger charge is -2.28. The summed E-state index contributed by atoms with van der Waals surface area (Å²) in [6.07, 6.45) is 0. The number of esters is 1. The second kappa shape index (κ2) is 11.9. The van der Waals surface area contributed by atoms with Gasteiger partial charge in [0, 0.05) is 11.4 Å². The van der Waals surface area contributed by atoms with Crippen molar-refractivity contribution in [3.8, 4) is 11.5 Å². The molecule has 0 spiro atoms. The number of hydrogen-bond acceptors (Lipinski definition) is 6. The summed E-state index contributed by atoms with van der Waals surface area (Å²) in [6.45, 7) is 7.50. The third kappa shape index (κ3) is 6.65. The molecule has 1 aliphatic heterocycles. The monoisotopic (exact) mass is 593 g/mol. The van der Waals surface area contributed by atoms with Gasteiger partial charge in [-0.2, -0.15) is 0 Å². The molecule has 0 radical (unpaired) electrons. The Labute approximate surface area is 217 Å². The number of amides is 3. The first-order chi connectivity index (χ1) is 16.7. The van der Waals surface area contributed by atoms with E-state index in [-0.39, 0.29) is 19.1 Å². The third-order valence-corrected chi connectivity index (χ3v) is 5.91. The molecule has 1 atom stereocenters. The van der Waals surface area contributed by atoms with Crippen LogP contribution in [0.3, 0.4) is 0 Å². The average molecular weight is 593 g/mol. The summed E-state index contributed by atoms with van der Waals surface area (Å²) in [6, 6.07) is 9.76. The molecule has 186 valence electrons. The van der Waals surface area contributed by atoms with Crippen LogP contribution in [-0.2, 0) is 14.3 Å². The summed E-state index contributed by atoms with van der Waals surface area (Å²) in [5.74, 6) is -0.0476. The topological polar surface area (TPSA) is 115 Å². The summed E-state index contributed by atoms with van der Waals surface area (Å²) >= 11 is 2.08. The fourth-order valence-electron chi connectivity index (χ4n) is 3.55. The molecule has 0 bridgehead atoms. The van der Waals surface area contributed by atoms with Gasteiger partial charge in [-0.3, -0.25) is 4.79 Å². The maximum atomic E-state index is 12.6. The number of hydrogen-bond donors (Lipinski definition) is 3. The van der Waals surface area contributed by atoms with Gasteiger partial charge in [-0.15, -0.1) is 0 Å². The van der Waals surface area contributed by atoms with E-state index >= 15 is 0 Å². The van der Waals surface area contributed by atoms with Crippen molar-refractivity contribution in [2.24, 2.45) is 0 Å². The molecule has 0 aliphatic carbocycles. The van der Waals surface area contributed by atoms with Gasteiger partial charge in [0.05, 0.1) is 28.4 Å². The largest absolute Gasteiger partial charge is 0.490 e. The van der Waals surface area contributed by atoms with E-state index in [1.165, 1.54) is 0 Å². The highest BCUT2D eigenvalue weighted by molar-refractivity contribution is 14.1. The molecule has 3 amide bonds. The van der Waals surface area contributed by atoms with Crippen LogP contribution in [0.5, 0.6) is 11.5 Å². The van der Waals surface area contributed by atoms with Gasteiger partial charge >= 0.3 is 12.0 Å². The minimum atomic E-state index is -0.741. The Hall–Kier alpha value is -3.28. The number of anilines is 1. The highest BCUT2D eigenvalue weighted by Crippen LogP contribution is 2.38. The summed E-state index contributed by atoms with van der Waals surface area (Å²) in [4.78, 5) is 37.2. The minimum absolute atomic E-state index is 0.204. The molecule has 0 saturated heterocycles. The number of carbonyl (C=O) groups is 3. The molecule has 35 heavy (non-hydrogen) atoms. The lowest BCUT2D eigenvalue weighted by atomic mass is 9.95. The van der Waals surface area contributed by atoms with Crippen molar-refractivity contribution in [1.29, 1.82) is 0 Å². The van der Waals surface area contributed by atoms with Crippen molar-refractivity contribution in [2.45, 2.75) is 33.7 Å². The van der Waals surface area contributed by atoms with Gasteiger partial charge in [0.15, 0.2) is 18.1 Å². The first-order valence-electron chi connectivity index (χ1n) is 11.1. The molecular weight excluding hydrogens is 565 g/mol. The zero-order valence-corrected chi connectivity index (χ0v) is 22.1. The van der Waals surface area contributed by atoms with Gasteiger partial charge in [-0.25, -0.2) is 9.59 Å². The normalized spacial score (nSPS) is 15.1. The van der Waals surface area contributed by atoms with E-state index < -0.39 is 18.0 Å². The highest BCUT2D eigenvalue weighted by atomic mass is 127. The number of rotatable bonds is 9. The van der Waals surface area contributed by atoms with E-state index in [0.29, 0.717) is 44.2 Å². The minimum Gasteiger partial charge on any atom is -0.490 e. The first-order valence-corrected chi connectivity index (χ1v) is 12.2. The van der Waals surface area contributed by atoms with Crippen LogP contribution in [-0.4, -0.2) is 37.7 Å². The molecule has 1 unspecified atom stereocenters. The molecule has 9 nitrogen and oxygen atoms in total. The smallest absolute Gasteiger partial charge is 0.338 e. The van der Waals surface area contributed by atoms with Crippen molar-refractivity contribution in [3.05, 3.63) is 62.4 Å². The molecule has 0 aromatic heterocycles. The van der Waals surface area contributed by atoms with Gasteiger partial charge in [0.2, 0.25) is 0 Å². The predicted octanol–water partition coefficient (Wildman–Crippen LogP) is 4.21. The first kappa shape index (κ1) is 26.3. The van der Waals surface area contributed by atoms with E-state index in [4.69, 9.17) is 14.2 Å². The number of urea groups is 1. The van der Waals surface area contributed by atoms with Crippen LogP contribution in [0.1, 0.15) is 37.9 Å². The fourth-order valence-corrected chi connectivity index (χ4v) is 4.33. The lowest BCUT2D eigenvalue weighted by Crippen LogP contribution is -2.45. The summed E-state index contributed by atoms with van der Waals surface area (Å²) in [5, 5.41) is 8.19. The zero-order valence-electron chi connectivity index (χ0n) is 20.0. The molecule has 1 aliphatic rings.